The summed E-state index contributed by atoms with van der Waals surface area (Å²) in [7, 11) is 0. The minimum atomic E-state index is -0.366. The molecular formula is C24H16Cl2O4. The van der Waals surface area contributed by atoms with E-state index in [0.717, 1.165) is 5.56 Å². The third-order valence-corrected chi connectivity index (χ3v) is 5.22. The molecule has 0 amide bonds. The summed E-state index contributed by atoms with van der Waals surface area (Å²) in [5, 5.41) is 1.30. The Bertz CT molecular complexity index is 1310. The molecule has 3 aromatic carbocycles. The van der Waals surface area contributed by atoms with E-state index in [9.17, 15) is 9.59 Å². The maximum Gasteiger partial charge on any atom is 0.235 e. The second-order valence-electron chi connectivity index (χ2n) is 6.79. The van der Waals surface area contributed by atoms with E-state index in [1.54, 1.807) is 60.7 Å². The summed E-state index contributed by atoms with van der Waals surface area (Å²) in [6, 6.07) is 18.7. The SMILES string of the molecule is Cc1ccc2c(=O)c(OCC(=O)c3ccc(Cl)cc3)c(-c3ccccc3Cl)oc2c1. The first-order chi connectivity index (χ1) is 14.4. The number of carbonyl (C=O) groups is 1. The van der Waals surface area contributed by atoms with Crippen molar-refractivity contribution in [1.29, 1.82) is 0 Å². The number of aryl methyl sites for hydroxylation is 1. The zero-order chi connectivity index (χ0) is 21.3. The number of ketones is 1. The van der Waals surface area contributed by atoms with Crippen molar-refractivity contribution in [2.75, 3.05) is 6.61 Å². The number of hydrogen-bond donors (Lipinski definition) is 0. The Labute approximate surface area is 182 Å². The van der Waals surface area contributed by atoms with Gasteiger partial charge in [0.05, 0.1) is 10.4 Å². The van der Waals surface area contributed by atoms with E-state index in [4.69, 9.17) is 32.4 Å². The molecule has 0 unspecified atom stereocenters. The van der Waals surface area contributed by atoms with Crippen LogP contribution in [0.4, 0.5) is 0 Å². The van der Waals surface area contributed by atoms with E-state index < -0.39 is 0 Å². The standard InChI is InChI=1S/C24H16Cl2O4/c1-14-6-11-18-21(12-14)30-23(17-4-2-3-5-19(17)26)24(22(18)28)29-13-20(27)15-7-9-16(25)10-8-15/h2-12H,13H2,1H3. The van der Waals surface area contributed by atoms with Gasteiger partial charge in [0.15, 0.2) is 18.2 Å². The largest absolute Gasteiger partial charge is 0.478 e. The van der Waals surface area contributed by atoms with Crippen LogP contribution in [0.15, 0.2) is 75.9 Å². The highest BCUT2D eigenvalue weighted by Crippen LogP contribution is 2.35. The van der Waals surface area contributed by atoms with Crippen molar-refractivity contribution in [2.45, 2.75) is 6.92 Å². The number of halogens is 2. The molecule has 0 atom stereocenters. The molecule has 4 aromatic rings. The van der Waals surface area contributed by atoms with Gasteiger partial charge in [0.1, 0.15) is 5.58 Å². The van der Waals surface area contributed by atoms with Crippen LogP contribution in [0.1, 0.15) is 15.9 Å². The number of benzene rings is 3. The van der Waals surface area contributed by atoms with Crippen molar-refractivity contribution in [1.82, 2.24) is 0 Å². The predicted molar refractivity (Wildman–Crippen MR) is 119 cm³/mol. The lowest BCUT2D eigenvalue weighted by Crippen LogP contribution is -2.17. The summed E-state index contributed by atoms with van der Waals surface area (Å²) in [4.78, 5) is 25.7. The first kappa shape index (κ1) is 20.2. The third-order valence-electron chi connectivity index (χ3n) is 4.64. The molecule has 0 fully saturated rings. The average molecular weight is 439 g/mol. The second kappa shape index (κ2) is 8.34. The molecule has 4 nitrogen and oxygen atoms in total. The van der Waals surface area contributed by atoms with E-state index in [1.165, 1.54) is 0 Å². The number of carbonyl (C=O) groups excluding carboxylic acids is 1. The Morgan fingerprint density at radius 2 is 1.73 bits per heavy atom. The highest BCUT2D eigenvalue weighted by Gasteiger charge is 2.21. The Balaban J connectivity index is 1.80. The van der Waals surface area contributed by atoms with Gasteiger partial charge >= 0.3 is 0 Å². The van der Waals surface area contributed by atoms with E-state index in [1.807, 2.05) is 13.0 Å². The molecule has 0 aliphatic carbocycles. The Hall–Kier alpha value is -3.08. The van der Waals surface area contributed by atoms with E-state index in [0.29, 0.717) is 32.1 Å². The van der Waals surface area contributed by atoms with Crippen LogP contribution in [0.25, 0.3) is 22.3 Å². The van der Waals surface area contributed by atoms with Crippen LogP contribution < -0.4 is 10.2 Å². The molecule has 150 valence electrons. The molecule has 0 saturated heterocycles. The quantitative estimate of drug-likeness (QED) is 0.341. The van der Waals surface area contributed by atoms with Gasteiger partial charge in [-0.1, -0.05) is 41.4 Å². The molecule has 6 heteroatoms. The molecule has 0 radical (unpaired) electrons. The van der Waals surface area contributed by atoms with Crippen LogP contribution in [-0.4, -0.2) is 12.4 Å². The van der Waals surface area contributed by atoms with E-state index in [2.05, 4.69) is 0 Å². The molecule has 0 N–H and O–H groups in total. The summed E-state index contributed by atoms with van der Waals surface area (Å²) in [6.07, 6.45) is 0. The van der Waals surface area contributed by atoms with Crippen LogP contribution >= 0.6 is 23.2 Å². The van der Waals surface area contributed by atoms with Gasteiger partial charge in [-0.15, -0.1) is 0 Å². The highest BCUT2D eigenvalue weighted by atomic mass is 35.5. The van der Waals surface area contributed by atoms with E-state index >= 15 is 0 Å². The van der Waals surface area contributed by atoms with Crippen molar-refractivity contribution >= 4 is 40.0 Å². The minimum Gasteiger partial charge on any atom is -0.478 e. The Kier molecular flexibility index (Phi) is 5.62. The van der Waals surface area contributed by atoms with Crippen molar-refractivity contribution in [3.63, 3.8) is 0 Å². The lowest BCUT2D eigenvalue weighted by atomic mass is 10.1. The molecular weight excluding hydrogens is 423 g/mol. The second-order valence-corrected chi connectivity index (χ2v) is 7.63. The van der Waals surface area contributed by atoms with Crippen molar-refractivity contribution in [3.05, 3.63) is 98.1 Å². The van der Waals surface area contributed by atoms with Crippen LogP contribution in [0, 0.1) is 6.92 Å². The summed E-state index contributed by atoms with van der Waals surface area (Å²) >= 11 is 12.2. The van der Waals surface area contributed by atoms with Crippen LogP contribution in [-0.2, 0) is 0 Å². The van der Waals surface area contributed by atoms with Crippen molar-refractivity contribution in [3.8, 4) is 17.1 Å². The third kappa shape index (κ3) is 3.97. The summed E-state index contributed by atoms with van der Waals surface area (Å²) < 4.78 is 11.8. The fourth-order valence-corrected chi connectivity index (χ4v) is 3.44. The molecule has 0 saturated carbocycles. The maximum absolute atomic E-state index is 13.2. The topological polar surface area (TPSA) is 56.5 Å². The van der Waals surface area contributed by atoms with Crippen LogP contribution in [0.5, 0.6) is 5.75 Å². The van der Waals surface area contributed by atoms with Gasteiger partial charge in [0.2, 0.25) is 11.2 Å². The van der Waals surface area contributed by atoms with E-state index in [-0.39, 0.29) is 29.3 Å². The van der Waals surface area contributed by atoms with Crippen molar-refractivity contribution in [2.24, 2.45) is 0 Å². The van der Waals surface area contributed by atoms with Gasteiger partial charge in [-0.2, -0.15) is 0 Å². The first-order valence-corrected chi connectivity index (χ1v) is 9.93. The number of ether oxygens (including phenoxy) is 1. The first-order valence-electron chi connectivity index (χ1n) is 9.18. The smallest absolute Gasteiger partial charge is 0.235 e. The Morgan fingerprint density at radius 1 is 1.00 bits per heavy atom. The number of rotatable bonds is 5. The molecule has 1 aromatic heterocycles. The molecule has 0 aliphatic heterocycles. The minimum absolute atomic E-state index is 0.0539. The number of fused-ring (bicyclic) bond motifs is 1. The predicted octanol–water partition coefficient (Wildman–Crippen LogP) is 6.34. The van der Waals surface area contributed by atoms with Crippen LogP contribution in [0.3, 0.4) is 0 Å². The molecule has 0 aliphatic rings. The van der Waals surface area contributed by atoms with Gasteiger partial charge < -0.3 is 9.15 Å². The zero-order valence-corrected chi connectivity index (χ0v) is 17.5. The number of hydrogen-bond acceptors (Lipinski definition) is 4. The normalized spacial score (nSPS) is 10.9. The van der Waals surface area contributed by atoms with Gasteiger partial charge in [-0.3, -0.25) is 9.59 Å². The highest BCUT2D eigenvalue weighted by molar-refractivity contribution is 6.33. The fraction of sp³-hybridized carbons (Fsp3) is 0.0833. The molecule has 4 rings (SSSR count). The fourth-order valence-electron chi connectivity index (χ4n) is 3.09. The molecule has 0 spiro atoms. The van der Waals surface area contributed by atoms with Gasteiger partial charge in [-0.05, 0) is 61.0 Å². The molecule has 1 heterocycles. The van der Waals surface area contributed by atoms with Gasteiger partial charge in [-0.25, -0.2) is 0 Å². The van der Waals surface area contributed by atoms with Crippen LogP contribution in [0.2, 0.25) is 10.0 Å². The monoisotopic (exact) mass is 438 g/mol. The Morgan fingerprint density at radius 3 is 2.47 bits per heavy atom. The molecule has 30 heavy (non-hydrogen) atoms. The summed E-state index contributed by atoms with van der Waals surface area (Å²) in [5.74, 6) is -0.158. The lowest BCUT2D eigenvalue weighted by Gasteiger charge is -2.12. The summed E-state index contributed by atoms with van der Waals surface area (Å²) in [6.45, 7) is 1.57. The van der Waals surface area contributed by atoms with Gasteiger partial charge in [0.25, 0.3) is 0 Å². The number of Topliss-reactive ketones (excluding diaryl/α,β-unsaturated/α-hetero) is 1. The average Bonchev–Trinajstić information content (AvgIpc) is 2.73. The lowest BCUT2D eigenvalue weighted by molar-refractivity contribution is 0.0920. The van der Waals surface area contributed by atoms with Gasteiger partial charge in [0, 0.05) is 16.1 Å². The van der Waals surface area contributed by atoms with Crippen molar-refractivity contribution < 1.29 is 13.9 Å². The maximum atomic E-state index is 13.2. The summed E-state index contributed by atoms with van der Waals surface area (Å²) in [5.41, 5.74) is 1.94. The molecule has 0 bridgehead atoms. The zero-order valence-electron chi connectivity index (χ0n) is 15.9.